The Bertz CT molecular complexity index is 455. The highest BCUT2D eigenvalue weighted by atomic mass is 19.4. The predicted octanol–water partition coefficient (Wildman–Crippen LogP) is 1.97. The number of hydrogen-bond acceptors (Lipinski definition) is 2. The molecule has 0 aromatic heterocycles. The first-order valence-electron chi connectivity index (χ1n) is 5.42. The summed E-state index contributed by atoms with van der Waals surface area (Å²) in [6.45, 7) is 0. The normalized spacial score (nSPS) is 24.7. The Labute approximate surface area is 102 Å². The standard InChI is InChI=1S/C12H12F3NO2/c1-16-9(6-10(17)11(16)18)7-2-4-8(5-3-7)12(13,14)15/h2-5,9-10,17H,6H2,1H3. The molecule has 1 amide bonds. The van der Waals surface area contributed by atoms with Crippen LogP contribution in [0.15, 0.2) is 24.3 Å². The molecule has 0 bridgehead atoms. The number of alkyl halides is 3. The third-order valence-electron chi connectivity index (χ3n) is 3.17. The number of halogens is 3. The van der Waals surface area contributed by atoms with Gasteiger partial charge in [0.25, 0.3) is 5.91 Å². The summed E-state index contributed by atoms with van der Waals surface area (Å²) in [7, 11) is 1.53. The van der Waals surface area contributed by atoms with E-state index in [1.54, 1.807) is 0 Å². The average Bonchev–Trinajstić information content (AvgIpc) is 2.56. The lowest BCUT2D eigenvalue weighted by Crippen LogP contribution is -2.26. The maximum Gasteiger partial charge on any atom is 0.416 e. The van der Waals surface area contributed by atoms with Gasteiger partial charge in [0.05, 0.1) is 11.6 Å². The second-order valence-corrected chi connectivity index (χ2v) is 4.34. The van der Waals surface area contributed by atoms with Crippen molar-refractivity contribution >= 4 is 5.91 Å². The summed E-state index contributed by atoms with van der Waals surface area (Å²) in [5.74, 6) is -0.403. The number of benzene rings is 1. The van der Waals surface area contributed by atoms with Gasteiger partial charge in [-0.15, -0.1) is 0 Å². The first kappa shape index (κ1) is 12.9. The molecule has 98 valence electrons. The molecule has 1 heterocycles. The zero-order valence-electron chi connectivity index (χ0n) is 9.61. The number of aliphatic hydroxyl groups excluding tert-OH is 1. The summed E-state index contributed by atoms with van der Waals surface area (Å²) in [5, 5.41) is 9.41. The van der Waals surface area contributed by atoms with Gasteiger partial charge in [0.15, 0.2) is 0 Å². The summed E-state index contributed by atoms with van der Waals surface area (Å²) >= 11 is 0. The van der Waals surface area contributed by atoms with E-state index in [1.807, 2.05) is 0 Å². The molecule has 0 saturated carbocycles. The molecule has 2 rings (SSSR count). The summed E-state index contributed by atoms with van der Waals surface area (Å²) in [6.07, 6.45) is -5.22. The van der Waals surface area contributed by atoms with Crippen LogP contribution in [0.3, 0.4) is 0 Å². The van der Waals surface area contributed by atoms with Gasteiger partial charge in [-0.25, -0.2) is 0 Å². The fourth-order valence-corrected chi connectivity index (χ4v) is 2.11. The van der Waals surface area contributed by atoms with Crippen molar-refractivity contribution in [2.24, 2.45) is 0 Å². The Morgan fingerprint density at radius 3 is 2.22 bits per heavy atom. The number of likely N-dealkylation sites (N-methyl/N-ethyl adjacent to an activating group) is 1. The Hall–Kier alpha value is -1.56. The van der Waals surface area contributed by atoms with Gasteiger partial charge in [-0.05, 0) is 17.7 Å². The fourth-order valence-electron chi connectivity index (χ4n) is 2.11. The van der Waals surface area contributed by atoms with E-state index in [1.165, 1.54) is 24.1 Å². The molecule has 1 aliphatic rings. The zero-order valence-corrected chi connectivity index (χ0v) is 9.61. The molecule has 1 N–H and O–H groups in total. The van der Waals surface area contributed by atoms with Crippen LogP contribution in [0, 0.1) is 0 Å². The van der Waals surface area contributed by atoms with Crippen molar-refractivity contribution in [1.82, 2.24) is 4.90 Å². The number of aliphatic hydroxyl groups is 1. The first-order valence-corrected chi connectivity index (χ1v) is 5.42. The second kappa shape index (κ2) is 4.28. The Kier molecular flexibility index (Phi) is 3.06. The van der Waals surface area contributed by atoms with E-state index in [9.17, 15) is 23.1 Å². The van der Waals surface area contributed by atoms with Crippen molar-refractivity contribution in [2.45, 2.75) is 24.7 Å². The lowest BCUT2D eigenvalue weighted by molar-refractivity contribution is -0.137. The van der Waals surface area contributed by atoms with E-state index >= 15 is 0 Å². The highest BCUT2D eigenvalue weighted by Crippen LogP contribution is 2.34. The lowest BCUT2D eigenvalue weighted by Gasteiger charge is -2.20. The molecule has 2 atom stereocenters. The maximum absolute atomic E-state index is 12.4. The van der Waals surface area contributed by atoms with Crippen LogP contribution in [0.1, 0.15) is 23.6 Å². The molecule has 0 radical (unpaired) electrons. The van der Waals surface area contributed by atoms with E-state index in [-0.39, 0.29) is 12.5 Å². The van der Waals surface area contributed by atoms with Crippen molar-refractivity contribution in [3.05, 3.63) is 35.4 Å². The molecule has 1 aliphatic heterocycles. The van der Waals surface area contributed by atoms with Gasteiger partial charge in [-0.3, -0.25) is 4.79 Å². The van der Waals surface area contributed by atoms with Crippen LogP contribution in [0.4, 0.5) is 13.2 Å². The number of amides is 1. The van der Waals surface area contributed by atoms with Crippen LogP contribution >= 0.6 is 0 Å². The fraction of sp³-hybridized carbons (Fsp3) is 0.417. The van der Waals surface area contributed by atoms with Crippen LogP contribution in [-0.4, -0.2) is 29.1 Å². The highest BCUT2D eigenvalue weighted by Gasteiger charge is 2.37. The first-order chi connectivity index (χ1) is 8.30. The van der Waals surface area contributed by atoms with E-state index in [2.05, 4.69) is 0 Å². The van der Waals surface area contributed by atoms with E-state index in [0.29, 0.717) is 5.56 Å². The Morgan fingerprint density at radius 2 is 1.83 bits per heavy atom. The van der Waals surface area contributed by atoms with Gasteiger partial charge in [-0.1, -0.05) is 12.1 Å². The van der Waals surface area contributed by atoms with Crippen molar-refractivity contribution in [3.63, 3.8) is 0 Å². The number of nitrogens with zero attached hydrogens (tertiary/aromatic N) is 1. The van der Waals surface area contributed by atoms with Gasteiger partial charge in [0, 0.05) is 13.5 Å². The lowest BCUT2D eigenvalue weighted by atomic mass is 10.0. The SMILES string of the molecule is CN1C(=O)C(O)CC1c1ccc(C(F)(F)F)cc1. The molecular formula is C12H12F3NO2. The maximum atomic E-state index is 12.4. The van der Waals surface area contributed by atoms with Crippen LogP contribution in [0.25, 0.3) is 0 Å². The van der Waals surface area contributed by atoms with E-state index < -0.39 is 23.8 Å². The molecule has 6 heteroatoms. The van der Waals surface area contributed by atoms with Gasteiger partial charge < -0.3 is 10.0 Å². The monoisotopic (exact) mass is 259 g/mol. The number of hydrogen-bond donors (Lipinski definition) is 1. The molecular weight excluding hydrogens is 247 g/mol. The average molecular weight is 259 g/mol. The van der Waals surface area contributed by atoms with Gasteiger partial charge in [0.2, 0.25) is 0 Å². The number of likely N-dealkylation sites (tertiary alicyclic amines) is 1. The van der Waals surface area contributed by atoms with Crippen molar-refractivity contribution < 1.29 is 23.1 Å². The van der Waals surface area contributed by atoms with Crippen molar-refractivity contribution in [3.8, 4) is 0 Å². The molecule has 0 aliphatic carbocycles. The number of carbonyl (C=O) groups excluding carboxylic acids is 1. The molecule has 1 saturated heterocycles. The highest BCUT2D eigenvalue weighted by molar-refractivity contribution is 5.83. The minimum atomic E-state index is -4.37. The summed E-state index contributed by atoms with van der Waals surface area (Å²) < 4.78 is 37.2. The third-order valence-corrected chi connectivity index (χ3v) is 3.17. The molecule has 1 fully saturated rings. The van der Waals surface area contributed by atoms with E-state index in [4.69, 9.17) is 0 Å². The van der Waals surface area contributed by atoms with Crippen LogP contribution in [0.2, 0.25) is 0 Å². The third kappa shape index (κ3) is 2.20. The summed E-state index contributed by atoms with van der Waals surface area (Å²) in [6, 6.07) is 4.29. The predicted molar refractivity (Wildman–Crippen MR) is 57.6 cm³/mol. The Morgan fingerprint density at radius 1 is 1.28 bits per heavy atom. The molecule has 1 aromatic rings. The van der Waals surface area contributed by atoms with Gasteiger partial charge in [0.1, 0.15) is 6.10 Å². The summed E-state index contributed by atoms with van der Waals surface area (Å²) in [4.78, 5) is 12.8. The van der Waals surface area contributed by atoms with Crippen LogP contribution < -0.4 is 0 Å². The van der Waals surface area contributed by atoms with E-state index in [0.717, 1.165) is 12.1 Å². The van der Waals surface area contributed by atoms with Gasteiger partial charge >= 0.3 is 6.18 Å². The topological polar surface area (TPSA) is 40.5 Å². The Balaban J connectivity index is 2.23. The quantitative estimate of drug-likeness (QED) is 0.837. The van der Waals surface area contributed by atoms with Crippen molar-refractivity contribution in [2.75, 3.05) is 7.05 Å². The largest absolute Gasteiger partial charge is 0.416 e. The minimum absolute atomic E-state index is 0.209. The minimum Gasteiger partial charge on any atom is -0.383 e. The molecule has 3 nitrogen and oxygen atoms in total. The second-order valence-electron chi connectivity index (χ2n) is 4.34. The number of carbonyl (C=O) groups is 1. The van der Waals surface area contributed by atoms with Crippen LogP contribution in [0.5, 0.6) is 0 Å². The summed E-state index contributed by atoms with van der Waals surface area (Å²) in [5.41, 5.74) is -0.130. The molecule has 2 unspecified atom stereocenters. The van der Waals surface area contributed by atoms with Crippen molar-refractivity contribution in [1.29, 1.82) is 0 Å². The molecule has 1 aromatic carbocycles. The van der Waals surface area contributed by atoms with Crippen LogP contribution in [-0.2, 0) is 11.0 Å². The number of rotatable bonds is 1. The van der Waals surface area contributed by atoms with Gasteiger partial charge in [-0.2, -0.15) is 13.2 Å². The molecule has 0 spiro atoms. The smallest absolute Gasteiger partial charge is 0.383 e. The molecule has 18 heavy (non-hydrogen) atoms. The zero-order chi connectivity index (χ0) is 13.5.